The van der Waals surface area contributed by atoms with Gasteiger partial charge in [0.05, 0.1) is 6.20 Å². The van der Waals surface area contributed by atoms with Gasteiger partial charge < -0.3 is 10.6 Å². The van der Waals surface area contributed by atoms with Crippen molar-refractivity contribution in [3.63, 3.8) is 0 Å². The standard InChI is InChI=1S/C21H23N5O/c1-25(2)19-10-8-18(9-11-19)20-15-26(24-23-20)14-13-17-5-3-16(4-6-17)7-12-21(22)27/h3-12,15H,13-14H2,1-2H3,(H2,22,27)/b12-7+. The molecule has 0 unspecified atom stereocenters. The zero-order valence-electron chi connectivity index (χ0n) is 15.5. The van der Waals surface area contributed by atoms with Gasteiger partial charge in [-0.1, -0.05) is 41.6 Å². The number of aromatic nitrogens is 3. The molecular weight excluding hydrogens is 338 g/mol. The molecule has 6 nitrogen and oxygen atoms in total. The molecule has 0 aliphatic heterocycles. The number of anilines is 1. The van der Waals surface area contributed by atoms with E-state index in [2.05, 4.69) is 39.5 Å². The van der Waals surface area contributed by atoms with Crippen LogP contribution < -0.4 is 10.6 Å². The summed E-state index contributed by atoms with van der Waals surface area (Å²) in [6, 6.07) is 16.3. The van der Waals surface area contributed by atoms with Crippen LogP contribution in [0.25, 0.3) is 17.3 Å². The lowest BCUT2D eigenvalue weighted by atomic mass is 10.1. The van der Waals surface area contributed by atoms with Crippen molar-refractivity contribution in [1.29, 1.82) is 0 Å². The van der Waals surface area contributed by atoms with Gasteiger partial charge in [0.2, 0.25) is 5.91 Å². The molecule has 0 spiro atoms. The fourth-order valence-corrected chi connectivity index (χ4v) is 2.69. The van der Waals surface area contributed by atoms with Crippen LogP contribution in [-0.2, 0) is 17.8 Å². The second kappa shape index (κ2) is 8.31. The van der Waals surface area contributed by atoms with Crippen molar-refractivity contribution < 1.29 is 4.79 Å². The van der Waals surface area contributed by atoms with Crippen LogP contribution in [0.5, 0.6) is 0 Å². The molecule has 0 saturated heterocycles. The minimum atomic E-state index is -0.447. The van der Waals surface area contributed by atoms with Crippen molar-refractivity contribution in [2.24, 2.45) is 5.73 Å². The summed E-state index contributed by atoms with van der Waals surface area (Å²) in [5.41, 5.74) is 10.3. The molecule has 6 heteroatoms. The number of carbonyl (C=O) groups excluding carboxylic acids is 1. The van der Waals surface area contributed by atoms with E-state index in [0.29, 0.717) is 0 Å². The zero-order valence-corrected chi connectivity index (χ0v) is 15.5. The van der Waals surface area contributed by atoms with Crippen molar-refractivity contribution in [2.75, 3.05) is 19.0 Å². The highest BCUT2D eigenvalue weighted by Gasteiger charge is 2.05. The first-order valence-corrected chi connectivity index (χ1v) is 8.75. The van der Waals surface area contributed by atoms with Crippen LogP contribution in [0.2, 0.25) is 0 Å². The summed E-state index contributed by atoms with van der Waals surface area (Å²) in [7, 11) is 4.04. The van der Waals surface area contributed by atoms with Crippen LogP contribution >= 0.6 is 0 Å². The summed E-state index contributed by atoms with van der Waals surface area (Å²) in [6.45, 7) is 0.749. The first-order chi connectivity index (χ1) is 13.0. The van der Waals surface area contributed by atoms with E-state index in [-0.39, 0.29) is 0 Å². The van der Waals surface area contributed by atoms with E-state index in [4.69, 9.17) is 5.73 Å². The maximum absolute atomic E-state index is 10.8. The number of hydrogen-bond donors (Lipinski definition) is 1. The molecule has 0 atom stereocenters. The molecule has 0 bridgehead atoms. The lowest BCUT2D eigenvalue weighted by Gasteiger charge is -2.11. The second-order valence-corrected chi connectivity index (χ2v) is 6.54. The van der Waals surface area contributed by atoms with E-state index in [1.165, 1.54) is 11.6 Å². The molecule has 2 N–H and O–H groups in total. The Morgan fingerprint density at radius 2 is 1.81 bits per heavy atom. The molecule has 3 rings (SSSR count). The molecular formula is C21H23N5O. The third-order valence-corrected chi connectivity index (χ3v) is 4.27. The van der Waals surface area contributed by atoms with E-state index in [1.807, 2.05) is 49.2 Å². The molecule has 1 aromatic heterocycles. The van der Waals surface area contributed by atoms with Gasteiger partial charge in [-0.2, -0.15) is 0 Å². The van der Waals surface area contributed by atoms with Gasteiger partial charge in [0, 0.05) is 38.0 Å². The van der Waals surface area contributed by atoms with Gasteiger partial charge in [-0.05, 0) is 35.8 Å². The van der Waals surface area contributed by atoms with Gasteiger partial charge >= 0.3 is 0 Å². The van der Waals surface area contributed by atoms with Gasteiger partial charge in [0.25, 0.3) is 0 Å². The maximum Gasteiger partial charge on any atom is 0.241 e. The zero-order chi connectivity index (χ0) is 19.2. The minimum absolute atomic E-state index is 0.447. The van der Waals surface area contributed by atoms with Crippen molar-refractivity contribution in [2.45, 2.75) is 13.0 Å². The van der Waals surface area contributed by atoms with Crippen LogP contribution in [0.1, 0.15) is 11.1 Å². The molecule has 27 heavy (non-hydrogen) atoms. The summed E-state index contributed by atoms with van der Waals surface area (Å²) in [5, 5.41) is 8.50. The van der Waals surface area contributed by atoms with Gasteiger partial charge in [-0.3, -0.25) is 9.48 Å². The minimum Gasteiger partial charge on any atom is -0.378 e. The Morgan fingerprint density at radius 1 is 1.11 bits per heavy atom. The number of amides is 1. The first kappa shape index (κ1) is 18.4. The lowest BCUT2D eigenvalue weighted by Crippen LogP contribution is -2.07. The molecule has 138 valence electrons. The summed E-state index contributed by atoms with van der Waals surface area (Å²) in [6.07, 6.45) is 5.88. The van der Waals surface area contributed by atoms with Crippen molar-refractivity contribution >= 4 is 17.7 Å². The fourth-order valence-electron chi connectivity index (χ4n) is 2.69. The summed E-state index contributed by atoms with van der Waals surface area (Å²) in [4.78, 5) is 12.8. The monoisotopic (exact) mass is 361 g/mol. The molecule has 3 aromatic rings. The topological polar surface area (TPSA) is 77.0 Å². The molecule has 0 saturated carbocycles. The molecule has 0 aliphatic carbocycles. The van der Waals surface area contributed by atoms with Crippen LogP contribution in [0.3, 0.4) is 0 Å². The van der Waals surface area contributed by atoms with Crippen LogP contribution in [0.4, 0.5) is 5.69 Å². The number of nitrogens with zero attached hydrogens (tertiary/aromatic N) is 4. The average molecular weight is 361 g/mol. The lowest BCUT2D eigenvalue weighted by molar-refractivity contribution is -0.113. The van der Waals surface area contributed by atoms with E-state index in [1.54, 1.807) is 6.08 Å². The number of primary amides is 1. The van der Waals surface area contributed by atoms with E-state index in [0.717, 1.165) is 35.5 Å². The van der Waals surface area contributed by atoms with E-state index < -0.39 is 5.91 Å². The highest BCUT2D eigenvalue weighted by atomic mass is 16.1. The van der Waals surface area contributed by atoms with Crippen molar-refractivity contribution in [1.82, 2.24) is 15.0 Å². The molecule has 0 aliphatic rings. The Hall–Kier alpha value is -3.41. The van der Waals surface area contributed by atoms with Gasteiger partial charge in [-0.15, -0.1) is 5.10 Å². The number of carbonyl (C=O) groups is 1. The van der Waals surface area contributed by atoms with Crippen molar-refractivity contribution in [3.05, 3.63) is 71.9 Å². The second-order valence-electron chi connectivity index (χ2n) is 6.54. The molecule has 0 radical (unpaired) electrons. The highest BCUT2D eigenvalue weighted by molar-refractivity contribution is 5.90. The maximum atomic E-state index is 10.8. The fraction of sp³-hybridized carbons (Fsp3) is 0.190. The molecule has 1 heterocycles. The van der Waals surface area contributed by atoms with Crippen LogP contribution in [0.15, 0.2) is 60.8 Å². The van der Waals surface area contributed by atoms with Crippen molar-refractivity contribution in [3.8, 4) is 11.3 Å². The molecule has 2 aromatic carbocycles. The van der Waals surface area contributed by atoms with Gasteiger partial charge in [0.15, 0.2) is 0 Å². The Bertz CT molecular complexity index is 924. The molecule has 0 fully saturated rings. The Kier molecular flexibility index (Phi) is 5.66. The third-order valence-electron chi connectivity index (χ3n) is 4.27. The smallest absolute Gasteiger partial charge is 0.241 e. The predicted octanol–water partition coefficient (Wildman–Crippen LogP) is 2.75. The van der Waals surface area contributed by atoms with Gasteiger partial charge in [0.1, 0.15) is 5.69 Å². The number of aryl methyl sites for hydroxylation is 2. The average Bonchev–Trinajstić information content (AvgIpc) is 3.14. The van der Waals surface area contributed by atoms with E-state index in [9.17, 15) is 4.79 Å². The summed E-state index contributed by atoms with van der Waals surface area (Å²) >= 11 is 0. The Labute approximate surface area is 158 Å². The largest absolute Gasteiger partial charge is 0.378 e. The number of hydrogen-bond acceptors (Lipinski definition) is 4. The first-order valence-electron chi connectivity index (χ1n) is 8.75. The normalized spacial score (nSPS) is 11.0. The Morgan fingerprint density at radius 3 is 2.44 bits per heavy atom. The van der Waals surface area contributed by atoms with Gasteiger partial charge in [-0.25, -0.2) is 0 Å². The molecule has 1 amide bonds. The Balaban J connectivity index is 1.60. The SMILES string of the molecule is CN(C)c1ccc(-c2cn(CCc3ccc(/C=C/C(N)=O)cc3)nn2)cc1. The van der Waals surface area contributed by atoms with Crippen LogP contribution in [-0.4, -0.2) is 35.0 Å². The number of nitrogens with two attached hydrogens (primary N) is 1. The summed E-state index contributed by atoms with van der Waals surface area (Å²) in [5.74, 6) is -0.447. The van der Waals surface area contributed by atoms with Crippen LogP contribution in [0, 0.1) is 0 Å². The predicted molar refractivity (Wildman–Crippen MR) is 108 cm³/mol. The summed E-state index contributed by atoms with van der Waals surface area (Å²) < 4.78 is 1.86. The number of rotatable bonds is 7. The highest BCUT2D eigenvalue weighted by Crippen LogP contribution is 2.20. The number of benzene rings is 2. The third kappa shape index (κ3) is 5.04. The quantitative estimate of drug-likeness (QED) is 0.657. The van der Waals surface area contributed by atoms with E-state index >= 15 is 0 Å².